The van der Waals surface area contributed by atoms with Crippen molar-refractivity contribution >= 4 is 17.7 Å². The molecule has 0 unspecified atom stereocenters. The van der Waals surface area contributed by atoms with E-state index < -0.39 is 5.97 Å². The second kappa shape index (κ2) is 3.08. The molecule has 4 heteroatoms. The van der Waals surface area contributed by atoms with Gasteiger partial charge in [-0.3, -0.25) is 4.79 Å². The molecule has 0 aromatic carbocycles. The second-order valence-corrected chi connectivity index (χ2v) is 3.07. The molecule has 0 saturated carbocycles. The van der Waals surface area contributed by atoms with Gasteiger partial charge in [-0.1, -0.05) is 0 Å². The summed E-state index contributed by atoms with van der Waals surface area (Å²) in [6.45, 7) is 0.821. The predicted octanol–water partition coefficient (Wildman–Crippen LogP) is -0.224. The van der Waals surface area contributed by atoms with Gasteiger partial charge in [0.05, 0.1) is 0 Å². The summed E-state index contributed by atoms with van der Waals surface area (Å²) in [5.74, 6) is 1.00. The molecule has 1 atom stereocenters. The first kappa shape index (κ1) is 6.89. The van der Waals surface area contributed by atoms with Crippen LogP contribution in [0.4, 0.5) is 0 Å². The van der Waals surface area contributed by atoms with Crippen molar-refractivity contribution in [2.24, 2.45) is 0 Å². The van der Waals surface area contributed by atoms with E-state index in [4.69, 9.17) is 5.11 Å². The number of aliphatic carboxylic acids is 1. The molecule has 0 aromatic rings. The lowest BCUT2D eigenvalue weighted by molar-refractivity contribution is -0.138. The Labute approximate surface area is 57.8 Å². The highest BCUT2D eigenvalue weighted by Gasteiger charge is 2.18. The minimum Gasteiger partial charge on any atom is -0.480 e. The fourth-order valence-corrected chi connectivity index (χ4v) is 1.65. The first-order valence-electron chi connectivity index (χ1n) is 2.84. The molecule has 9 heavy (non-hydrogen) atoms. The van der Waals surface area contributed by atoms with Crippen molar-refractivity contribution in [1.29, 1.82) is 0 Å². The van der Waals surface area contributed by atoms with Crippen LogP contribution in [0.25, 0.3) is 0 Å². The monoisotopic (exact) mass is 147 g/mol. The van der Waals surface area contributed by atoms with Gasteiger partial charge in [0.2, 0.25) is 0 Å². The Morgan fingerprint density at radius 1 is 1.78 bits per heavy atom. The van der Waals surface area contributed by atoms with Crippen LogP contribution in [-0.4, -0.2) is 35.2 Å². The van der Waals surface area contributed by atoms with Crippen molar-refractivity contribution in [3.63, 3.8) is 0 Å². The molecular weight excluding hydrogens is 138 g/mol. The molecule has 0 aromatic heterocycles. The van der Waals surface area contributed by atoms with Crippen molar-refractivity contribution in [2.45, 2.75) is 6.04 Å². The van der Waals surface area contributed by atoms with Crippen LogP contribution in [0, 0.1) is 0 Å². The molecule has 52 valence electrons. The van der Waals surface area contributed by atoms with E-state index in [1.807, 2.05) is 0 Å². The Morgan fingerprint density at radius 2 is 2.56 bits per heavy atom. The lowest BCUT2D eigenvalue weighted by Gasteiger charge is -2.18. The zero-order valence-electron chi connectivity index (χ0n) is 4.96. The summed E-state index contributed by atoms with van der Waals surface area (Å²) in [7, 11) is 0. The Morgan fingerprint density at radius 3 is 2.89 bits per heavy atom. The van der Waals surface area contributed by atoms with E-state index in [1.165, 1.54) is 0 Å². The van der Waals surface area contributed by atoms with Gasteiger partial charge in [0.25, 0.3) is 0 Å². The average Bonchev–Trinajstić information content (AvgIpc) is 1.90. The predicted molar refractivity (Wildman–Crippen MR) is 36.8 cm³/mol. The van der Waals surface area contributed by atoms with Crippen LogP contribution in [0.3, 0.4) is 0 Å². The molecule has 1 aliphatic heterocycles. The topological polar surface area (TPSA) is 49.3 Å². The van der Waals surface area contributed by atoms with E-state index >= 15 is 0 Å². The molecule has 0 spiro atoms. The van der Waals surface area contributed by atoms with Gasteiger partial charge in [0.15, 0.2) is 0 Å². The number of rotatable bonds is 1. The highest BCUT2D eigenvalue weighted by molar-refractivity contribution is 7.99. The van der Waals surface area contributed by atoms with Crippen molar-refractivity contribution in [1.82, 2.24) is 5.32 Å². The fourth-order valence-electron chi connectivity index (χ4n) is 0.724. The van der Waals surface area contributed by atoms with E-state index in [9.17, 15) is 4.79 Å². The largest absolute Gasteiger partial charge is 0.480 e. The summed E-state index contributed by atoms with van der Waals surface area (Å²) in [5.41, 5.74) is 0. The summed E-state index contributed by atoms with van der Waals surface area (Å²) in [6, 6.07) is -0.316. The molecule has 1 heterocycles. The number of thioether (sulfide) groups is 1. The number of nitrogens with one attached hydrogen (secondary N) is 1. The Hall–Kier alpha value is -0.220. The molecule has 0 radical (unpaired) electrons. The van der Waals surface area contributed by atoms with Crippen LogP contribution in [-0.2, 0) is 4.79 Å². The van der Waals surface area contributed by atoms with Gasteiger partial charge < -0.3 is 10.4 Å². The lowest BCUT2D eigenvalue weighted by atomic mass is 10.3. The van der Waals surface area contributed by atoms with Gasteiger partial charge in [-0.2, -0.15) is 11.8 Å². The summed E-state index contributed by atoms with van der Waals surface area (Å²) in [6.07, 6.45) is 0. The standard InChI is InChI=1S/C5H9NO2S/c7-5(8)4-3-9-2-1-6-4/h4,6H,1-3H2,(H,7,8)/t4-/m0/s1. The van der Waals surface area contributed by atoms with Crippen LogP contribution in [0.15, 0.2) is 0 Å². The Kier molecular flexibility index (Phi) is 2.36. The van der Waals surface area contributed by atoms with E-state index in [-0.39, 0.29) is 6.04 Å². The highest BCUT2D eigenvalue weighted by atomic mass is 32.2. The maximum atomic E-state index is 10.3. The first-order valence-corrected chi connectivity index (χ1v) is 4.00. The maximum Gasteiger partial charge on any atom is 0.321 e. The van der Waals surface area contributed by atoms with Gasteiger partial charge in [0.1, 0.15) is 6.04 Å². The fraction of sp³-hybridized carbons (Fsp3) is 0.800. The lowest BCUT2D eigenvalue weighted by Crippen LogP contribution is -2.43. The molecule has 3 nitrogen and oxygen atoms in total. The number of hydrogen-bond acceptors (Lipinski definition) is 3. The average molecular weight is 147 g/mol. The van der Waals surface area contributed by atoms with Gasteiger partial charge in [-0.15, -0.1) is 0 Å². The number of carboxylic acid groups (broad SMARTS) is 1. The van der Waals surface area contributed by atoms with Crippen molar-refractivity contribution < 1.29 is 9.90 Å². The molecule has 1 rings (SSSR count). The van der Waals surface area contributed by atoms with Gasteiger partial charge >= 0.3 is 5.97 Å². The molecular formula is C5H9NO2S. The van der Waals surface area contributed by atoms with Crippen LogP contribution in [0.1, 0.15) is 0 Å². The number of carboxylic acids is 1. The molecule has 0 aliphatic carbocycles. The molecule has 1 aliphatic rings. The van der Waals surface area contributed by atoms with Crippen LogP contribution < -0.4 is 5.32 Å². The van der Waals surface area contributed by atoms with Crippen LogP contribution >= 0.6 is 11.8 Å². The van der Waals surface area contributed by atoms with Gasteiger partial charge in [-0.25, -0.2) is 0 Å². The molecule has 2 N–H and O–H groups in total. The SMILES string of the molecule is O=C(O)[C@@H]1CSCCN1. The third-order valence-corrected chi connectivity index (χ3v) is 2.28. The van der Waals surface area contributed by atoms with E-state index in [0.29, 0.717) is 5.75 Å². The Bertz CT molecular complexity index is 112. The minimum absolute atomic E-state index is 0.316. The van der Waals surface area contributed by atoms with Crippen molar-refractivity contribution in [3.05, 3.63) is 0 Å². The van der Waals surface area contributed by atoms with E-state index in [0.717, 1.165) is 12.3 Å². The Balaban J connectivity index is 2.31. The first-order chi connectivity index (χ1) is 4.30. The third-order valence-electron chi connectivity index (χ3n) is 1.22. The zero-order valence-corrected chi connectivity index (χ0v) is 5.78. The molecule has 0 bridgehead atoms. The zero-order chi connectivity index (χ0) is 6.69. The summed E-state index contributed by atoms with van der Waals surface area (Å²) < 4.78 is 0. The molecule has 0 amide bonds. The highest BCUT2D eigenvalue weighted by Crippen LogP contribution is 2.06. The molecule has 1 saturated heterocycles. The summed E-state index contributed by atoms with van der Waals surface area (Å²) in [4.78, 5) is 10.3. The summed E-state index contributed by atoms with van der Waals surface area (Å²) in [5, 5.41) is 11.4. The third kappa shape index (κ3) is 1.87. The van der Waals surface area contributed by atoms with Gasteiger partial charge in [-0.05, 0) is 0 Å². The second-order valence-electron chi connectivity index (χ2n) is 1.92. The van der Waals surface area contributed by atoms with Crippen molar-refractivity contribution in [2.75, 3.05) is 18.1 Å². The van der Waals surface area contributed by atoms with Gasteiger partial charge in [0, 0.05) is 18.1 Å². The van der Waals surface area contributed by atoms with E-state index in [1.54, 1.807) is 11.8 Å². The number of hydrogen-bond donors (Lipinski definition) is 2. The maximum absolute atomic E-state index is 10.3. The van der Waals surface area contributed by atoms with Crippen LogP contribution in [0.5, 0.6) is 0 Å². The summed E-state index contributed by atoms with van der Waals surface area (Å²) >= 11 is 1.69. The minimum atomic E-state index is -0.734. The van der Waals surface area contributed by atoms with Crippen molar-refractivity contribution in [3.8, 4) is 0 Å². The quantitative estimate of drug-likeness (QED) is 0.538. The van der Waals surface area contributed by atoms with Crippen LogP contribution in [0.2, 0.25) is 0 Å². The normalized spacial score (nSPS) is 27.8. The van der Waals surface area contributed by atoms with E-state index in [2.05, 4.69) is 5.32 Å². The number of carbonyl (C=O) groups is 1. The smallest absolute Gasteiger partial charge is 0.321 e. The molecule has 1 fully saturated rings.